The third-order valence-corrected chi connectivity index (χ3v) is 3.27. The van der Waals surface area contributed by atoms with Crippen molar-refractivity contribution in [1.82, 2.24) is 9.78 Å². The average Bonchev–Trinajstić information content (AvgIpc) is 2.44. The summed E-state index contributed by atoms with van der Waals surface area (Å²) in [6.45, 7) is 4.34. The van der Waals surface area contributed by atoms with Gasteiger partial charge in [0, 0.05) is 13.7 Å². The summed E-state index contributed by atoms with van der Waals surface area (Å²) in [7, 11) is 1.95. The second kappa shape index (κ2) is 4.94. The second-order valence-electron chi connectivity index (χ2n) is 3.68. The third-order valence-electron chi connectivity index (χ3n) is 2.36. The highest BCUT2D eigenvalue weighted by Gasteiger charge is 2.14. The summed E-state index contributed by atoms with van der Waals surface area (Å²) in [5.41, 5.74) is 2.26. The van der Waals surface area contributed by atoms with Gasteiger partial charge in [-0.2, -0.15) is 5.10 Å². The maximum Gasteiger partial charge on any atom is 0.0766 e. The fourth-order valence-corrected chi connectivity index (χ4v) is 2.21. The van der Waals surface area contributed by atoms with E-state index in [1.54, 1.807) is 0 Å². The molecule has 0 saturated carbocycles. The maximum absolute atomic E-state index is 9.00. The first-order valence-corrected chi connectivity index (χ1v) is 5.70. The van der Waals surface area contributed by atoms with Crippen LogP contribution in [0, 0.1) is 5.92 Å². The Labute approximate surface area is 93.3 Å². The number of rotatable bonds is 4. The lowest BCUT2D eigenvalue weighted by molar-refractivity contribution is 0.235. The first-order chi connectivity index (χ1) is 6.60. The van der Waals surface area contributed by atoms with Crippen molar-refractivity contribution in [2.75, 3.05) is 6.61 Å². The molecule has 0 bridgehead atoms. The van der Waals surface area contributed by atoms with Gasteiger partial charge in [0.25, 0.3) is 0 Å². The van der Waals surface area contributed by atoms with E-state index in [1.807, 2.05) is 18.7 Å². The van der Waals surface area contributed by atoms with E-state index < -0.39 is 0 Å². The minimum atomic E-state index is 0.221. The molecule has 0 aliphatic carbocycles. The van der Waals surface area contributed by atoms with Crippen LogP contribution in [0.2, 0.25) is 0 Å². The van der Waals surface area contributed by atoms with Gasteiger partial charge >= 0.3 is 0 Å². The predicted octanol–water partition coefficient (Wildman–Crippen LogP) is 1.92. The van der Waals surface area contributed by atoms with Crippen LogP contribution in [-0.4, -0.2) is 21.5 Å². The molecule has 0 saturated heterocycles. The Morgan fingerprint density at radius 1 is 1.57 bits per heavy atom. The van der Waals surface area contributed by atoms with Crippen molar-refractivity contribution in [3.05, 3.63) is 15.9 Å². The van der Waals surface area contributed by atoms with Gasteiger partial charge < -0.3 is 5.11 Å². The number of halogens is 1. The Bertz CT molecular complexity index is 309. The van der Waals surface area contributed by atoms with Crippen molar-refractivity contribution in [2.45, 2.75) is 26.7 Å². The molecule has 0 spiro atoms. The van der Waals surface area contributed by atoms with Gasteiger partial charge in [0.15, 0.2) is 0 Å². The van der Waals surface area contributed by atoms with Crippen LogP contribution in [0.5, 0.6) is 0 Å². The number of hydrogen-bond donors (Lipinski definition) is 1. The summed E-state index contributed by atoms with van der Waals surface area (Å²) in [5, 5.41) is 13.4. The minimum Gasteiger partial charge on any atom is -0.396 e. The predicted molar refractivity (Wildman–Crippen MR) is 60.2 cm³/mol. The van der Waals surface area contributed by atoms with Crippen molar-refractivity contribution >= 4 is 15.9 Å². The molecule has 1 unspecified atom stereocenters. The zero-order chi connectivity index (χ0) is 10.7. The Hall–Kier alpha value is -0.350. The molecule has 14 heavy (non-hydrogen) atoms. The molecule has 1 aromatic rings. The highest BCUT2D eigenvalue weighted by molar-refractivity contribution is 9.10. The molecule has 0 aliphatic heterocycles. The van der Waals surface area contributed by atoms with E-state index in [2.05, 4.69) is 28.0 Å². The zero-order valence-corrected chi connectivity index (χ0v) is 10.5. The topological polar surface area (TPSA) is 38.0 Å². The van der Waals surface area contributed by atoms with Gasteiger partial charge in [0.1, 0.15) is 0 Å². The zero-order valence-electron chi connectivity index (χ0n) is 8.92. The second-order valence-corrected chi connectivity index (χ2v) is 4.47. The van der Waals surface area contributed by atoms with Gasteiger partial charge in [0.2, 0.25) is 0 Å². The lowest BCUT2D eigenvalue weighted by atomic mass is 10.1. The fourth-order valence-electron chi connectivity index (χ4n) is 1.44. The molecule has 0 aliphatic rings. The Morgan fingerprint density at radius 2 is 2.21 bits per heavy atom. The van der Waals surface area contributed by atoms with Gasteiger partial charge in [-0.05, 0) is 34.7 Å². The highest BCUT2D eigenvalue weighted by atomic mass is 79.9. The van der Waals surface area contributed by atoms with Crippen LogP contribution in [0.1, 0.15) is 25.2 Å². The molecule has 1 atom stereocenters. The molecule has 0 fully saturated rings. The molecular formula is C10H17BrN2O. The number of hydrogen-bond acceptors (Lipinski definition) is 2. The number of aliphatic hydroxyl groups is 1. The van der Waals surface area contributed by atoms with Crippen LogP contribution < -0.4 is 0 Å². The van der Waals surface area contributed by atoms with Gasteiger partial charge in [-0.1, -0.05) is 13.8 Å². The maximum atomic E-state index is 9.00. The van der Waals surface area contributed by atoms with Crippen LogP contribution in [-0.2, 0) is 19.9 Å². The molecule has 1 rings (SSSR count). The summed E-state index contributed by atoms with van der Waals surface area (Å²) < 4.78 is 3.00. The minimum absolute atomic E-state index is 0.221. The molecule has 1 N–H and O–H groups in total. The van der Waals surface area contributed by atoms with E-state index >= 15 is 0 Å². The van der Waals surface area contributed by atoms with Crippen LogP contribution >= 0.6 is 15.9 Å². The normalized spacial score (nSPS) is 13.2. The summed E-state index contributed by atoms with van der Waals surface area (Å²) in [6.07, 6.45) is 1.79. The quantitative estimate of drug-likeness (QED) is 0.899. The van der Waals surface area contributed by atoms with Crippen LogP contribution in [0.25, 0.3) is 0 Å². The Balaban J connectivity index is 2.90. The average molecular weight is 261 g/mol. The number of aliphatic hydroxyl groups excluding tert-OH is 1. The van der Waals surface area contributed by atoms with Crippen LogP contribution in [0.3, 0.4) is 0 Å². The monoisotopic (exact) mass is 260 g/mol. The van der Waals surface area contributed by atoms with E-state index in [4.69, 9.17) is 5.11 Å². The molecule has 1 aromatic heterocycles. The first kappa shape index (κ1) is 11.7. The van der Waals surface area contributed by atoms with Gasteiger partial charge in [-0.25, -0.2) is 0 Å². The van der Waals surface area contributed by atoms with E-state index in [-0.39, 0.29) is 12.5 Å². The number of nitrogens with zero attached hydrogens (tertiary/aromatic N) is 2. The lowest BCUT2D eigenvalue weighted by Crippen LogP contribution is -2.08. The molecule has 0 aromatic carbocycles. The van der Waals surface area contributed by atoms with E-state index in [0.29, 0.717) is 0 Å². The summed E-state index contributed by atoms with van der Waals surface area (Å²) >= 11 is 3.55. The van der Waals surface area contributed by atoms with Gasteiger partial charge in [0.05, 0.1) is 15.9 Å². The van der Waals surface area contributed by atoms with Gasteiger partial charge in [-0.3, -0.25) is 4.68 Å². The van der Waals surface area contributed by atoms with Crippen LogP contribution in [0.15, 0.2) is 4.47 Å². The number of aryl methyl sites for hydroxylation is 2. The molecule has 3 nitrogen and oxygen atoms in total. The highest BCUT2D eigenvalue weighted by Crippen LogP contribution is 2.23. The summed E-state index contributed by atoms with van der Waals surface area (Å²) in [4.78, 5) is 0. The fraction of sp³-hybridized carbons (Fsp3) is 0.700. The van der Waals surface area contributed by atoms with Crippen molar-refractivity contribution in [3.8, 4) is 0 Å². The Morgan fingerprint density at radius 3 is 2.64 bits per heavy atom. The summed E-state index contributed by atoms with van der Waals surface area (Å²) in [6, 6.07) is 0. The van der Waals surface area contributed by atoms with E-state index in [0.717, 1.165) is 23.0 Å². The smallest absolute Gasteiger partial charge is 0.0766 e. The van der Waals surface area contributed by atoms with Gasteiger partial charge in [-0.15, -0.1) is 0 Å². The van der Waals surface area contributed by atoms with Crippen molar-refractivity contribution in [2.24, 2.45) is 13.0 Å². The van der Waals surface area contributed by atoms with E-state index in [9.17, 15) is 0 Å². The molecule has 80 valence electrons. The largest absolute Gasteiger partial charge is 0.396 e. The van der Waals surface area contributed by atoms with Crippen LogP contribution in [0.4, 0.5) is 0 Å². The standard InChI is InChI=1S/C10H17BrN2O/c1-4-8-10(11)9(13(3)12-8)5-7(2)6-14/h7,14H,4-6H2,1-3H3. The van der Waals surface area contributed by atoms with E-state index in [1.165, 1.54) is 5.69 Å². The van der Waals surface area contributed by atoms with Crippen molar-refractivity contribution in [1.29, 1.82) is 0 Å². The number of aromatic nitrogens is 2. The molecule has 0 radical (unpaired) electrons. The molecule has 1 heterocycles. The Kier molecular flexibility index (Phi) is 4.13. The lowest BCUT2D eigenvalue weighted by Gasteiger charge is -2.08. The molecule has 0 amide bonds. The molecular weight excluding hydrogens is 244 g/mol. The SMILES string of the molecule is CCc1nn(C)c(CC(C)CO)c1Br. The summed E-state index contributed by atoms with van der Waals surface area (Å²) in [5.74, 6) is 0.284. The molecule has 4 heteroatoms. The van der Waals surface area contributed by atoms with Crippen molar-refractivity contribution in [3.63, 3.8) is 0 Å². The van der Waals surface area contributed by atoms with Crippen molar-refractivity contribution < 1.29 is 5.11 Å². The third kappa shape index (κ3) is 2.36. The first-order valence-electron chi connectivity index (χ1n) is 4.91.